The van der Waals surface area contributed by atoms with Gasteiger partial charge in [-0.1, -0.05) is 38.1 Å². The minimum absolute atomic E-state index is 0.347. The number of rotatable bonds is 5. The van der Waals surface area contributed by atoms with Crippen LogP contribution in [0.15, 0.2) is 24.3 Å². The summed E-state index contributed by atoms with van der Waals surface area (Å²) in [6.07, 6.45) is 1.93. The van der Waals surface area contributed by atoms with Crippen LogP contribution in [0.4, 0.5) is 0 Å². The van der Waals surface area contributed by atoms with Gasteiger partial charge in [-0.25, -0.2) is 0 Å². The van der Waals surface area contributed by atoms with E-state index < -0.39 is 0 Å². The van der Waals surface area contributed by atoms with Crippen LogP contribution in [0.25, 0.3) is 0 Å². The van der Waals surface area contributed by atoms with Crippen molar-refractivity contribution in [1.82, 2.24) is 0 Å². The fraction of sp³-hybridized carbons (Fsp3) is 0.538. The summed E-state index contributed by atoms with van der Waals surface area (Å²) >= 11 is 0. The van der Waals surface area contributed by atoms with E-state index in [1.54, 1.807) is 7.11 Å². The van der Waals surface area contributed by atoms with Gasteiger partial charge in [0.1, 0.15) is 0 Å². The fourth-order valence-corrected chi connectivity index (χ4v) is 1.75. The SMILES string of the molecule is CCc1cccc(C(N)(CC)COC)c1. The van der Waals surface area contributed by atoms with E-state index in [4.69, 9.17) is 10.5 Å². The standard InChI is InChI=1S/C13H21NO/c1-4-11-7-6-8-12(9-11)13(14,5-2)10-15-3/h6-9H,4-5,10,14H2,1-3H3. The summed E-state index contributed by atoms with van der Waals surface area (Å²) in [5.41, 5.74) is 8.48. The van der Waals surface area contributed by atoms with Crippen LogP contribution in [0.5, 0.6) is 0 Å². The Bertz CT molecular complexity index is 311. The highest BCUT2D eigenvalue weighted by Crippen LogP contribution is 2.23. The van der Waals surface area contributed by atoms with Gasteiger partial charge in [-0.3, -0.25) is 0 Å². The molecule has 0 bridgehead atoms. The molecule has 1 unspecified atom stereocenters. The molecule has 0 spiro atoms. The predicted octanol–water partition coefficient (Wildman–Crippen LogP) is 2.46. The monoisotopic (exact) mass is 207 g/mol. The molecule has 0 fully saturated rings. The molecule has 84 valence electrons. The Morgan fingerprint density at radius 1 is 1.33 bits per heavy atom. The lowest BCUT2D eigenvalue weighted by Gasteiger charge is -2.28. The van der Waals surface area contributed by atoms with Crippen molar-refractivity contribution < 1.29 is 4.74 Å². The van der Waals surface area contributed by atoms with Crippen LogP contribution in [0.2, 0.25) is 0 Å². The number of benzene rings is 1. The third-order valence-corrected chi connectivity index (χ3v) is 2.94. The first-order chi connectivity index (χ1) is 7.16. The van der Waals surface area contributed by atoms with E-state index in [0.29, 0.717) is 6.61 Å². The van der Waals surface area contributed by atoms with Crippen molar-refractivity contribution in [2.75, 3.05) is 13.7 Å². The van der Waals surface area contributed by atoms with Gasteiger partial charge in [0, 0.05) is 7.11 Å². The Hall–Kier alpha value is -0.860. The zero-order chi connectivity index (χ0) is 11.3. The van der Waals surface area contributed by atoms with Gasteiger partial charge in [-0.15, -0.1) is 0 Å². The molecule has 2 nitrogen and oxygen atoms in total. The van der Waals surface area contributed by atoms with E-state index >= 15 is 0 Å². The maximum Gasteiger partial charge on any atom is 0.0684 e. The minimum Gasteiger partial charge on any atom is -0.382 e. The number of hydrogen-bond donors (Lipinski definition) is 1. The quantitative estimate of drug-likeness (QED) is 0.805. The van der Waals surface area contributed by atoms with E-state index in [-0.39, 0.29) is 5.54 Å². The van der Waals surface area contributed by atoms with Crippen LogP contribution in [0.3, 0.4) is 0 Å². The summed E-state index contributed by atoms with van der Waals surface area (Å²) in [5.74, 6) is 0. The first-order valence-electron chi connectivity index (χ1n) is 5.53. The fourth-order valence-electron chi connectivity index (χ4n) is 1.75. The highest BCUT2D eigenvalue weighted by atomic mass is 16.5. The topological polar surface area (TPSA) is 35.2 Å². The molecule has 1 aromatic carbocycles. The molecular formula is C13H21NO. The largest absolute Gasteiger partial charge is 0.382 e. The summed E-state index contributed by atoms with van der Waals surface area (Å²) in [6.45, 7) is 4.81. The second kappa shape index (κ2) is 5.29. The van der Waals surface area contributed by atoms with Gasteiger partial charge in [0.05, 0.1) is 12.1 Å². The lowest BCUT2D eigenvalue weighted by atomic mass is 9.88. The van der Waals surface area contributed by atoms with Crippen LogP contribution < -0.4 is 5.73 Å². The number of nitrogens with two attached hydrogens (primary N) is 1. The third kappa shape index (κ3) is 2.80. The van der Waals surface area contributed by atoms with E-state index in [1.807, 2.05) is 0 Å². The average molecular weight is 207 g/mol. The van der Waals surface area contributed by atoms with Gasteiger partial charge < -0.3 is 10.5 Å². The van der Waals surface area contributed by atoms with Crippen molar-refractivity contribution in [2.45, 2.75) is 32.2 Å². The minimum atomic E-state index is -0.347. The molecule has 0 saturated heterocycles. The lowest BCUT2D eigenvalue weighted by Crippen LogP contribution is -2.40. The Balaban J connectivity index is 3.00. The molecule has 1 atom stereocenters. The van der Waals surface area contributed by atoms with Crippen molar-refractivity contribution in [3.8, 4) is 0 Å². The predicted molar refractivity (Wildman–Crippen MR) is 63.9 cm³/mol. The molecule has 2 heteroatoms. The van der Waals surface area contributed by atoms with Crippen LogP contribution in [0, 0.1) is 0 Å². The summed E-state index contributed by atoms with van der Waals surface area (Å²) < 4.78 is 5.20. The van der Waals surface area contributed by atoms with Gasteiger partial charge in [0.25, 0.3) is 0 Å². The van der Waals surface area contributed by atoms with Crippen LogP contribution in [-0.2, 0) is 16.7 Å². The van der Waals surface area contributed by atoms with Crippen molar-refractivity contribution in [1.29, 1.82) is 0 Å². The van der Waals surface area contributed by atoms with Crippen molar-refractivity contribution >= 4 is 0 Å². The lowest BCUT2D eigenvalue weighted by molar-refractivity contribution is 0.129. The van der Waals surface area contributed by atoms with E-state index in [2.05, 4.69) is 38.1 Å². The molecular weight excluding hydrogens is 186 g/mol. The first kappa shape index (κ1) is 12.2. The molecule has 0 radical (unpaired) electrons. The van der Waals surface area contributed by atoms with E-state index in [1.165, 1.54) is 11.1 Å². The molecule has 0 heterocycles. The normalized spacial score (nSPS) is 14.9. The Labute approximate surface area is 92.4 Å². The highest BCUT2D eigenvalue weighted by Gasteiger charge is 2.25. The Morgan fingerprint density at radius 3 is 2.60 bits per heavy atom. The van der Waals surface area contributed by atoms with Crippen molar-refractivity contribution in [3.63, 3.8) is 0 Å². The summed E-state index contributed by atoms with van der Waals surface area (Å²) in [4.78, 5) is 0. The van der Waals surface area contributed by atoms with Crippen molar-refractivity contribution in [2.24, 2.45) is 5.73 Å². The molecule has 0 saturated carbocycles. The Kier molecular flexibility index (Phi) is 4.30. The van der Waals surface area contributed by atoms with Gasteiger partial charge in [-0.05, 0) is 24.0 Å². The first-order valence-corrected chi connectivity index (χ1v) is 5.53. The second-order valence-corrected chi connectivity index (χ2v) is 4.00. The smallest absolute Gasteiger partial charge is 0.0684 e. The summed E-state index contributed by atoms with van der Waals surface area (Å²) in [7, 11) is 1.70. The zero-order valence-electron chi connectivity index (χ0n) is 9.92. The van der Waals surface area contributed by atoms with Gasteiger partial charge >= 0.3 is 0 Å². The van der Waals surface area contributed by atoms with E-state index in [9.17, 15) is 0 Å². The maximum atomic E-state index is 6.33. The second-order valence-electron chi connectivity index (χ2n) is 4.00. The zero-order valence-corrected chi connectivity index (χ0v) is 9.92. The van der Waals surface area contributed by atoms with Gasteiger partial charge in [0.2, 0.25) is 0 Å². The number of hydrogen-bond acceptors (Lipinski definition) is 2. The molecule has 0 amide bonds. The molecule has 0 aliphatic carbocycles. The number of methoxy groups -OCH3 is 1. The van der Waals surface area contributed by atoms with Crippen molar-refractivity contribution in [3.05, 3.63) is 35.4 Å². The van der Waals surface area contributed by atoms with Crippen LogP contribution in [-0.4, -0.2) is 13.7 Å². The van der Waals surface area contributed by atoms with Gasteiger partial charge in [0.15, 0.2) is 0 Å². The number of ether oxygens (including phenoxy) is 1. The molecule has 1 aromatic rings. The summed E-state index contributed by atoms with van der Waals surface area (Å²) in [5, 5.41) is 0. The van der Waals surface area contributed by atoms with Crippen LogP contribution in [0.1, 0.15) is 31.4 Å². The summed E-state index contributed by atoms with van der Waals surface area (Å²) in [6, 6.07) is 8.47. The van der Waals surface area contributed by atoms with Gasteiger partial charge in [-0.2, -0.15) is 0 Å². The molecule has 15 heavy (non-hydrogen) atoms. The van der Waals surface area contributed by atoms with Crippen LogP contribution >= 0.6 is 0 Å². The third-order valence-electron chi connectivity index (χ3n) is 2.94. The molecule has 0 aliphatic rings. The number of aryl methyl sites for hydroxylation is 1. The molecule has 2 N–H and O–H groups in total. The Morgan fingerprint density at radius 2 is 2.07 bits per heavy atom. The highest BCUT2D eigenvalue weighted by molar-refractivity contribution is 5.29. The average Bonchev–Trinajstić information content (AvgIpc) is 2.29. The molecule has 0 aromatic heterocycles. The molecule has 1 rings (SSSR count). The molecule has 0 aliphatic heterocycles. The van der Waals surface area contributed by atoms with E-state index in [0.717, 1.165) is 12.8 Å². The maximum absolute atomic E-state index is 6.33.